The molecule has 132 valence electrons. The summed E-state index contributed by atoms with van der Waals surface area (Å²) in [7, 11) is 1.63. The van der Waals surface area contributed by atoms with Crippen LogP contribution in [-0.2, 0) is 15.1 Å². The first-order valence-corrected chi connectivity index (χ1v) is 9.14. The lowest BCUT2D eigenvalue weighted by Gasteiger charge is -2.43. The zero-order valence-corrected chi connectivity index (χ0v) is 16.0. The molecule has 3 rings (SSSR count). The van der Waals surface area contributed by atoms with Crippen LogP contribution in [0.2, 0.25) is 0 Å². The average Bonchev–Trinajstić information content (AvgIpc) is 2.63. The molecular formula is C20H22BrNO3. The average molecular weight is 404 g/mol. The summed E-state index contributed by atoms with van der Waals surface area (Å²) in [6.45, 7) is 2.99. The van der Waals surface area contributed by atoms with Crippen LogP contribution in [0.3, 0.4) is 0 Å². The van der Waals surface area contributed by atoms with Crippen molar-refractivity contribution in [2.45, 2.75) is 25.0 Å². The van der Waals surface area contributed by atoms with E-state index in [0.717, 1.165) is 15.6 Å². The maximum Gasteiger partial charge on any atom is 0.411 e. The Bertz CT molecular complexity index is 719. The van der Waals surface area contributed by atoms with E-state index in [2.05, 4.69) is 15.9 Å². The van der Waals surface area contributed by atoms with Gasteiger partial charge < -0.3 is 14.4 Å². The Hall–Kier alpha value is -1.85. The monoisotopic (exact) mass is 403 g/mol. The number of hydrogen-bond donors (Lipinski definition) is 0. The van der Waals surface area contributed by atoms with E-state index < -0.39 is 5.60 Å². The molecule has 2 aromatic carbocycles. The van der Waals surface area contributed by atoms with Gasteiger partial charge in [-0.1, -0.05) is 58.4 Å². The van der Waals surface area contributed by atoms with Gasteiger partial charge in [-0.3, -0.25) is 0 Å². The Morgan fingerprint density at radius 1 is 1.20 bits per heavy atom. The molecule has 1 saturated heterocycles. The zero-order valence-electron chi connectivity index (χ0n) is 14.4. The lowest BCUT2D eigenvalue weighted by atomic mass is 9.89. The molecule has 1 unspecified atom stereocenters. The fourth-order valence-electron chi connectivity index (χ4n) is 3.31. The van der Waals surface area contributed by atoms with Crippen LogP contribution < -0.4 is 0 Å². The first-order chi connectivity index (χ1) is 12.1. The van der Waals surface area contributed by atoms with Gasteiger partial charge in [-0.15, -0.1) is 0 Å². The summed E-state index contributed by atoms with van der Waals surface area (Å²) in [5, 5.41) is 0. The van der Waals surface area contributed by atoms with E-state index in [1.807, 2.05) is 61.5 Å². The van der Waals surface area contributed by atoms with Crippen LogP contribution in [-0.4, -0.2) is 31.3 Å². The molecule has 0 aromatic heterocycles. The lowest BCUT2D eigenvalue weighted by Crippen LogP contribution is -2.50. The smallest absolute Gasteiger partial charge is 0.411 e. The van der Waals surface area contributed by atoms with Crippen LogP contribution in [0, 0.1) is 0 Å². The molecule has 0 radical (unpaired) electrons. The minimum absolute atomic E-state index is 0.0445. The van der Waals surface area contributed by atoms with Crippen LogP contribution in [0.1, 0.15) is 30.5 Å². The molecule has 0 saturated carbocycles. The Morgan fingerprint density at radius 3 is 2.48 bits per heavy atom. The summed E-state index contributed by atoms with van der Waals surface area (Å²) in [6, 6.07) is 17.8. The molecule has 0 spiro atoms. The van der Waals surface area contributed by atoms with Gasteiger partial charge >= 0.3 is 6.09 Å². The van der Waals surface area contributed by atoms with Crippen LogP contribution in [0.15, 0.2) is 59.1 Å². The van der Waals surface area contributed by atoms with Crippen molar-refractivity contribution in [1.82, 2.24) is 4.90 Å². The number of carbonyl (C=O) groups is 1. The molecule has 4 nitrogen and oxygen atoms in total. The van der Waals surface area contributed by atoms with E-state index in [-0.39, 0.29) is 12.1 Å². The van der Waals surface area contributed by atoms with Crippen molar-refractivity contribution in [1.29, 1.82) is 0 Å². The van der Waals surface area contributed by atoms with E-state index >= 15 is 0 Å². The van der Waals surface area contributed by atoms with E-state index in [4.69, 9.17) is 9.47 Å². The van der Waals surface area contributed by atoms with Gasteiger partial charge in [-0.05, 0) is 30.2 Å². The molecule has 5 heteroatoms. The second-order valence-electron chi connectivity index (χ2n) is 6.33. The van der Waals surface area contributed by atoms with Crippen molar-refractivity contribution in [3.05, 3.63) is 70.2 Å². The normalized spacial score (nSPS) is 21.7. The third-order valence-corrected chi connectivity index (χ3v) is 5.30. The van der Waals surface area contributed by atoms with Crippen LogP contribution in [0.4, 0.5) is 4.79 Å². The summed E-state index contributed by atoms with van der Waals surface area (Å²) in [6.07, 6.45) is 0.389. The quantitative estimate of drug-likeness (QED) is 0.712. The maximum atomic E-state index is 12.8. The molecule has 25 heavy (non-hydrogen) atoms. The fraction of sp³-hybridized carbons (Fsp3) is 0.350. The van der Waals surface area contributed by atoms with Crippen LogP contribution >= 0.6 is 15.9 Å². The number of halogens is 1. The molecule has 1 aliphatic heterocycles. The number of carbonyl (C=O) groups excluding carboxylic acids is 1. The third kappa shape index (κ3) is 3.72. The van der Waals surface area contributed by atoms with Gasteiger partial charge in [-0.2, -0.15) is 0 Å². The van der Waals surface area contributed by atoms with Crippen molar-refractivity contribution >= 4 is 22.0 Å². The van der Waals surface area contributed by atoms with E-state index in [1.165, 1.54) is 0 Å². The molecule has 0 bridgehead atoms. The van der Waals surface area contributed by atoms with Gasteiger partial charge in [-0.25, -0.2) is 4.79 Å². The molecule has 0 N–H and O–H groups in total. The third-order valence-electron chi connectivity index (χ3n) is 4.77. The minimum Gasteiger partial charge on any atom is -0.435 e. The maximum absolute atomic E-state index is 12.8. The minimum atomic E-state index is -0.719. The van der Waals surface area contributed by atoms with Crippen molar-refractivity contribution in [3.63, 3.8) is 0 Å². The first-order valence-electron chi connectivity index (χ1n) is 8.35. The first kappa shape index (κ1) is 18.0. The molecule has 1 aliphatic rings. The molecular weight excluding hydrogens is 382 g/mol. The number of ether oxygens (including phenoxy) is 2. The standard InChI is InChI=1S/C20H22BrNO3/c1-15(16-8-10-18(21)11-9-16)22-13-12-20(14-24-2,25-19(22)23)17-6-4-3-5-7-17/h3-11,15H,12-14H2,1-2H3/t15-,20?/m0/s1. The van der Waals surface area contributed by atoms with Crippen molar-refractivity contribution in [2.75, 3.05) is 20.3 Å². The fourth-order valence-corrected chi connectivity index (χ4v) is 3.57. The second-order valence-corrected chi connectivity index (χ2v) is 7.25. The topological polar surface area (TPSA) is 38.8 Å². The summed E-state index contributed by atoms with van der Waals surface area (Å²) in [5.41, 5.74) is 1.34. The Kier molecular flexibility index (Phi) is 5.45. The van der Waals surface area contributed by atoms with Crippen molar-refractivity contribution in [3.8, 4) is 0 Å². The van der Waals surface area contributed by atoms with Crippen LogP contribution in [0.25, 0.3) is 0 Å². The highest BCUT2D eigenvalue weighted by molar-refractivity contribution is 9.10. The van der Waals surface area contributed by atoms with E-state index in [1.54, 1.807) is 12.0 Å². The zero-order chi connectivity index (χ0) is 17.9. The highest BCUT2D eigenvalue weighted by Crippen LogP contribution is 2.37. The van der Waals surface area contributed by atoms with Crippen molar-refractivity contribution < 1.29 is 14.3 Å². The molecule has 2 aromatic rings. The number of nitrogens with zero attached hydrogens (tertiary/aromatic N) is 1. The molecule has 1 fully saturated rings. The summed E-state index contributed by atoms with van der Waals surface area (Å²) < 4.78 is 12.3. The summed E-state index contributed by atoms with van der Waals surface area (Å²) in [5.74, 6) is 0. The van der Waals surface area contributed by atoms with Crippen LogP contribution in [0.5, 0.6) is 0 Å². The predicted octanol–water partition coefficient (Wildman–Crippen LogP) is 4.89. The number of benzene rings is 2. The number of cyclic esters (lactones) is 1. The summed E-state index contributed by atoms with van der Waals surface area (Å²) in [4.78, 5) is 14.6. The largest absolute Gasteiger partial charge is 0.435 e. The molecule has 0 aliphatic carbocycles. The van der Waals surface area contributed by atoms with Gasteiger partial charge in [0.25, 0.3) is 0 Å². The molecule has 2 atom stereocenters. The number of methoxy groups -OCH3 is 1. The van der Waals surface area contributed by atoms with Gasteiger partial charge in [0.1, 0.15) is 0 Å². The predicted molar refractivity (Wildman–Crippen MR) is 100 cm³/mol. The van der Waals surface area contributed by atoms with E-state index in [9.17, 15) is 4.79 Å². The second kappa shape index (κ2) is 7.58. The molecule has 1 heterocycles. The SMILES string of the molecule is COCC1(c2ccccc2)CCN([C@@H](C)c2ccc(Br)cc2)C(=O)O1. The van der Waals surface area contributed by atoms with Gasteiger partial charge in [0.05, 0.1) is 12.6 Å². The van der Waals surface area contributed by atoms with Gasteiger partial charge in [0, 0.05) is 24.5 Å². The number of amides is 1. The molecule has 1 amide bonds. The van der Waals surface area contributed by atoms with Gasteiger partial charge in [0.15, 0.2) is 5.60 Å². The highest BCUT2D eigenvalue weighted by atomic mass is 79.9. The number of rotatable bonds is 5. The summed E-state index contributed by atoms with van der Waals surface area (Å²) >= 11 is 3.44. The van der Waals surface area contributed by atoms with Crippen molar-refractivity contribution in [2.24, 2.45) is 0 Å². The van der Waals surface area contributed by atoms with Gasteiger partial charge in [0.2, 0.25) is 0 Å². The Balaban J connectivity index is 1.81. The Morgan fingerprint density at radius 2 is 1.88 bits per heavy atom. The van der Waals surface area contributed by atoms with E-state index in [0.29, 0.717) is 19.6 Å². The number of hydrogen-bond acceptors (Lipinski definition) is 3. The lowest BCUT2D eigenvalue weighted by molar-refractivity contribution is -0.0964. The highest BCUT2D eigenvalue weighted by Gasteiger charge is 2.43. The Labute approximate surface area is 156 Å².